The maximum atomic E-state index is 13.1. The van der Waals surface area contributed by atoms with Crippen LogP contribution >= 0.6 is 12.2 Å². The zero-order chi connectivity index (χ0) is 21.1. The van der Waals surface area contributed by atoms with Crippen molar-refractivity contribution < 1.29 is 14.3 Å². The second-order valence-electron chi connectivity index (χ2n) is 6.72. The van der Waals surface area contributed by atoms with Crippen LogP contribution in [-0.4, -0.2) is 16.9 Å². The second-order valence-corrected chi connectivity index (χ2v) is 7.11. The summed E-state index contributed by atoms with van der Waals surface area (Å²) in [5.74, 6) is 0.364. The van der Waals surface area contributed by atoms with Gasteiger partial charge < -0.3 is 4.74 Å². The first-order valence-electron chi connectivity index (χ1n) is 9.33. The Morgan fingerprint density at radius 2 is 1.50 bits per heavy atom. The molecular formula is C24H18N2O3S. The van der Waals surface area contributed by atoms with E-state index in [4.69, 9.17) is 17.0 Å². The van der Waals surface area contributed by atoms with Crippen molar-refractivity contribution >= 4 is 40.9 Å². The number of anilines is 1. The maximum absolute atomic E-state index is 13.1. The molecule has 4 rings (SSSR count). The van der Waals surface area contributed by atoms with Crippen LogP contribution in [0.15, 0.2) is 84.4 Å². The Labute approximate surface area is 179 Å². The smallest absolute Gasteiger partial charge is 0.270 e. The van der Waals surface area contributed by atoms with Crippen LogP contribution in [0, 0.1) is 6.92 Å². The Morgan fingerprint density at radius 3 is 2.20 bits per heavy atom. The maximum Gasteiger partial charge on any atom is 0.270 e. The van der Waals surface area contributed by atoms with E-state index in [1.165, 1.54) is 4.90 Å². The van der Waals surface area contributed by atoms with Crippen LogP contribution in [0.4, 0.5) is 5.69 Å². The molecule has 0 bridgehead atoms. The lowest BCUT2D eigenvalue weighted by Gasteiger charge is -2.29. The van der Waals surface area contributed by atoms with Crippen LogP contribution in [0.1, 0.15) is 11.1 Å². The molecule has 0 atom stereocenters. The number of aryl methyl sites for hydroxylation is 1. The van der Waals surface area contributed by atoms with E-state index < -0.39 is 11.8 Å². The molecule has 1 N–H and O–H groups in total. The highest BCUT2D eigenvalue weighted by atomic mass is 32.1. The average molecular weight is 414 g/mol. The first-order chi connectivity index (χ1) is 14.5. The van der Waals surface area contributed by atoms with E-state index in [0.29, 0.717) is 17.2 Å². The van der Waals surface area contributed by atoms with Gasteiger partial charge in [0.25, 0.3) is 11.8 Å². The lowest BCUT2D eigenvalue weighted by atomic mass is 10.0. The molecule has 0 saturated carbocycles. The van der Waals surface area contributed by atoms with Crippen LogP contribution < -0.4 is 15.0 Å². The Morgan fingerprint density at radius 1 is 0.867 bits per heavy atom. The summed E-state index contributed by atoms with van der Waals surface area (Å²) in [5, 5.41) is 2.65. The molecule has 0 spiro atoms. The molecule has 1 saturated heterocycles. The van der Waals surface area contributed by atoms with Crippen LogP contribution in [0.2, 0.25) is 0 Å². The highest BCUT2D eigenvalue weighted by Crippen LogP contribution is 2.27. The van der Waals surface area contributed by atoms with Crippen LogP contribution in [-0.2, 0) is 9.59 Å². The number of carbonyl (C=O) groups excluding carboxylic acids is 2. The van der Waals surface area contributed by atoms with E-state index >= 15 is 0 Å². The van der Waals surface area contributed by atoms with E-state index in [1.807, 2.05) is 61.5 Å². The number of nitrogens with one attached hydrogen (secondary N) is 1. The summed E-state index contributed by atoms with van der Waals surface area (Å²) in [5.41, 5.74) is 2.34. The van der Waals surface area contributed by atoms with Crippen LogP contribution in [0.5, 0.6) is 11.5 Å². The zero-order valence-electron chi connectivity index (χ0n) is 16.2. The fraction of sp³-hybridized carbons (Fsp3) is 0.0417. The molecule has 3 aromatic carbocycles. The highest BCUT2D eigenvalue weighted by Gasteiger charge is 2.34. The molecule has 0 aromatic heterocycles. The molecule has 30 heavy (non-hydrogen) atoms. The van der Waals surface area contributed by atoms with Gasteiger partial charge in [0.05, 0.1) is 5.69 Å². The average Bonchev–Trinajstić information content (AvgIpc) is 2.74. The van der Waals surface area contributed by atoms with Gasteiger partial charge in [-0.2, -0.15) is 0 Å². The predicted molar refractivity (Wildman–Crippen MR) is 120 cm³/mol. The summed E-state index contributed by atoms with van der Waals surface area (Å²) in [7, 11) is 0. The molecule has 148 valence electrons. The van der Waals surface area contributed by atoms with Crippen LogP contribution in [0.3, 0.4) is 0 Å². The third kappa shape index (κ3) is 3.99. The first kappa shape index (κ1) is 19.5. The molecular weight excluding hydrogens is 396 g/mol. The third-order valence-corrected chi connectivity index (χ3v) is 4.95. The van der Waals surface area contributed by atoms with Gasteiger partial charge in [-0.3, -0.25) is 19.8 Å². The number of thiocarbonyl (C=S) groups is 1. The summed E-state index contributed by atoms with van der Waals surface area (Å²) in [6.07, 6.45) is 1.59. The van der Waals surface area contributed by atoms with E-state index in [-0.39, 0.29) is 10.7 Å². The molecule has 0 unspecified atom stereocenters. The Bertz CT molecular complexity index is 1150. The molecule has 6 heteroatoms. The van der Waals surface area contributed by atoms with Crippen molar-refractivity contribution in [3.05, 3.63) is 95.6 Å². The quantitative estimate of drug-likeness (QED) is 0.385. The van der Waals surface area contributed by atoms with Gasteiger partial charge in [-0.15, -0.1) is 0 Å². The summed E-state index contributed by atoms with van der Waals surface area (Å²) in [4.78, 5) is 26.9. The van der Waals surface area contributed by atoms with E-state index in [9.17, 15) is 9.59 Å². The number of carbonyl (C=O) groups is 2. The van der Waals surface area contributed by atoms with E-state index in [1.54, 1.807) is 30.3 Å². The van der Waals surface area contributed by atoms with Gasteiger partial charge >= 0.3 is 0 Å². The summed E-state index contributed by atoms with van der Waals surface area (Å²) >= 11 is 5.26. The highest BCUT2D eigenvalue weighted by molar-refractivity contribution is 7.80. The third-order valence-electron chi connectivity index (χ3n) is 4.66. The minimum atomic E-state index is -0.506. The molecule has 2 amide bonds. The molecule has 0 radical (unpaired) electrons. The predicted octanol–water partition coefficient (Wildman–Crippen LogP) is 4.62. The van der Waals surface area contributed by atoms with Gasteiger partial charge in [-0.05, 0) is 72.7 Å². The number of para-hydroxylation sites is 1. The number of ether oxygens (including phenoxy) is 1. The topological polar surface area (TPSA) is 58.6 Å². The monoisotopic (exact) mass is 414 g/mol. The fourth-order valence-corrected chi connectivity index (χ4v) is 3.37. The molecule has 1 heterocycles. The van der Waals surface area contributed by atoms with Crippen molar-refractivity contribution in [2.45, 2.75) is 6.92 Å². The van der Waals surface area contributed by atoms with E-state index in [0.717, 1.165) is 11.1 Å². The Hall–Kier alpha value is -3.77. The number of rotatable bonds is 4. The van der Waals surface area contributed by atoms with Crippen molar-refractivity contribution in [3.8, 4) is 11.5 Å². The lowest BCUT2D eigenvalue weighted by Crippen LogP contribution is -2.54. The summed E-state index contributed by atoms with van der Waals surface area (Å²) in [6, 6.07) is 23.9. The number of hydrogen-bond donors (Lipinski definition) is 1. The van der Waals surface area contributed by atoms with Gasteiger partial charge in [0.1, 0.15) is 17.1 Å². The van der Waals surface area contributed by atoms with E-state index in [2.05, 4.69) is 5.32 Å². The molecule has 1 fully saturated rings. The molecule has 5 nitrogen and oxygen atoms in total. The Kier molecular flexibility index (Phi) is 5.41. The van der Waals surface area contributed by atoms with Crippen molar-refractivity contribution in [1.82, 2.24) is 5.32 Å². The van der Waals surface area contributed by atoms with Crippen LogP contribution in [0.25, 0.3) is 6.08 Å². The SMILES string of the molecule is Cc1ccccc1C=C1C(=O)NC(=S)N(c2ccc(Oc3ccccc3)cc2)C1=O. The fourth-order valence-electron chi connectivity index (χ4n) is 3.08. The van der Waals surface area contributed by atoms with Crippen molar-refractivity contribution in [3.63, 3.8) is 0 Å². The number of nitrogens with zero attached hydrogens (tertiary/aromatic N) is 1. The van der Waals surface area contributed by atoms with Crippen molar-refractivity contribution in [1.29, 1.82) is 0 Å². The standard InChI is InChI=1S/C24H18N2O3S/c1-16-7-5-6-8-17(16)15-21-22(27)25-24(30)26(23(21)28)18-11-13-20(14-12-18)29-19-9-3-2-4-10-19/h2-15H,1H3,(H,25,27,30). The normalized spacial score (nSPS) is 15.3. The van der Waals surface area contributed by atoms with Crippen molar-refractivity contribution in [2.24, 2.45) is 0 Å². The van der Waals surface area contributed by atoms with Gasteiger partial charge in [0, 0.05) is 0 Å². The Balaban J connectivity index is 1.61. The lowest BCUT2D eigenvalue weighted by molar-refractivity contribution is -0.122. The second kappa shape index (κ2) is 8.31. The molecule has 1 aliphatic heterocycles. The molecule has 0 aliphatic carbocycles. The largest absolute Gasteiger partial charge is 0.457 e. The van der Waals surface area contributed by atoms with Gasteiger partial charge in [0.2, 0.25) is 0 Å². The van der Waals surface area contributed by atoms with Gasteiger partial charge in [0.15, 0.2) is 5.11 Å². The summed E-state index contributed by atoms with van der Waals surface area (Å²) < 4.78 is 5.79. The molecule has 1 aliphatic rings. The zero-order valence-corrected chi connectivity index (χ0v) is 17.0. The summed E-state index contributed by atoms with van der Waals surface area (Å²) in [6.45, 7) is 1.92. The molecule has 3 aromatic rings. The number of hydrogen-bond acceptors (Lipinski definition) is 4. The van der Waals surface area contributed by atoms with Gasteiger partial charge in [-0.1, -0.05) is 42.5 Å². The number of amides is 2. The minimum absolute atomic E-state index is 0.0301. The minimum Gasteiger partial charge on any atom is -0.457 e. The van der Waals surface area contributed by atoms with Gasteiger partial charge in [-0.25, -0.2) is 0 Å². The van der Waals surface area contributed by atoms with Crippen molar-refractivity contribution in [2.75, 3.05) is 4.90 Å². The number of benzene rings is 3. The first-order valence-corrected chi connectivity index (χ1v) is 9.74.